The first-order chi connectivity index (χ1) is 12.8. The summed E-state index contributed by atoms with van der Waals surface area (Å²) >= 11 is 0. The molecule has 0 N–H and O–H groups in total. The van der Waals surface area contributed by atoms with Gasteiger partial charge < -0.3 is 9.47 Å². The molecule has 27 heavy (non-hydrogen) atoms. The third kappa shape index (κ3) is 5.37. The number of rotatable bonds is 9. The predicted octanol–water partition coefficient (Wildman–Crippen LogP) is 1.49. The van der Waals surface area contributed by atoms with Crippen LogP contribution < -0.4 is 11.2 Å². The molecule has 0 atom stereocenters. The van der Waals surface area contributed by atoms with Crippen LogP contribution in [0.5, 0.6) is 0 Å². The lowest BCUT2D eigenvalue weighted by atomic mass is 10.1. The van der Waals surface area contributed by atoms with Gasteiger partial charge in [-0.3, -0.25) is 19.5 Å². The summed E-state index contributed by atoms with van der Waals surface area (Å²) in [5, 5.41) is 10.7. The molecular weight excluding hydrogens is 348 g/mol. The highest BCUT2D eigenvalue weighted by Gasteiger charge is 2.09. The minimum atomic E-state index is -0.396. The molecule has 2 rings (SSSR count). The minimum Gasteiger partial charge on any atom is -0.303 e. The molecule has 0 saturated heterocycles. The molecule has 8 heteroatoms. The lowest BCUT2D eigenvalue weighted by Crippen LogP contribution is -2.39. The molecular formula is C19H26N4O4. The van der Waals surface area contributed by atoms with Gasteiger partial charge >= 0.3 is 5.69 Å². The van der Waals surface area contributed by atoms with Crippen molar-refractivity contribution >= 4 is 5.69 Å². The first-order valence-corrected chi connectivity index (χ1v) is 9.05. The molecule has 0 fully saturated rings. The molecule has 8 nitrogen and oxygen atoms in total. The molecule has 0 aliphatic carbocycles. The van der Waals surface area contributed by atoms with E-state index in [0.717, 1.165) is 48.3 Å². The monoisotopic (exact) mass is 374 g/mol. The van der Waals surface area contributed by atoms with E-state index < -0.39 is 4.92 Å². The topological polar surface area (TPSA) is 90.4 Å². The zero-order valence-electron chi connectivity index (χ0n) is 16.1. The Morgan fingerprint density at radius 1 is 1.04 bits per heavy atom. The van der Waals surface area contributed by atoms with Gasteiger partial charge in [-0.1, -0.05) is 19.1 Å². The van der Waals surface area contributed by atoms with E-state index in [1.807, 2.05) is 0 Å². The van der Waals surface area contributed by atoms with Gasteiger partial charge in [-0.05, 0) is 31.5 Å². The summed E-state index contributed by atoms with van der Waals surface area (Å²) in [7, 11) is 3.16. The van der Waals surface area contributed by atoms with Crippen molar-refractivity contribution in [3.8, 4) is 0 Å². The molecule has 0 spiro atoms. The van der Waals surface area contributed by atoms with Crippen LogP contribution in [0.15, 0.2) is 39.9 Å². The SMILES string of the molecule is CCN(CCCc1ccc([N+](=O)[O-])cc1)CCc1cc(=O)n(C)c(=O)n1C. The highest BCUT2D eigenvalue weighted by atomic mass is 16.6. The van der Waals surface area contributed by atoms with Crippen molar-refractivity contribution in [1.82, 2.24) is 14.0 Å². The third-order valence-corrected chi connectivity index (χ3v) is 4.84. The largest absolute Gasteiger partial charge is 0.330 e. The van der Waals surface area contributed by atoms with Crippen molar-refractivity contribution in [3.63, 3.8) is 0 Å². The van der Waals surface area contributed by atoms with Crippen LogP contribution in [0, 0.1) is 10.1 Å². The van der Waals surface area contributed by atoms with Crippen molar-refractivity contribution in [3.05, 3.63) is 72.5 Å². The molecule has 146 valence electrons. The Bertz CT molecular complexity index is 899. The number of hydrogen-bond donors (Lipinski definition) is 0. The number of aromatic nitrogens is 2. The molecule has 1 aromatic heterocycles. The molecule has 1 aromatic carbocycles. The number of aryl methyl sites for hydroxylation is 1. The smallest absolute Gasteiger partial charge is 0.303 e. The Kier molecular flexibility index (Phi) is 7.06. The number of nitro benzene ring substituents is 1. The Hall–Kier alpha value is -2.74. The van der Waals surface area contributed by atoms with Crippen LogP contribution in [-0.2, 0) is 26.9 Å². The van der Waals surface area contributed by atoms with E-state index in [9.17, 15) is 19.7 Å². The summed E-state index contributed by atoms with van der Waals surface area (Å²) in [6.45, 7) is 4.59. The molecule has 0 aliphatic rings. The Morgan fingerprint density at radius 3 is 2.30 bits per heavy atom. The Balaban J connectivity index is 1.88. The van der Waals surface area contributed by atoms with E-state index in [1.165, 1.54) is 29.8 Å². The van der Waals surface area contributed by atoms with E-state index >= 15 is 0 Å². The zero-order chi connectivity index (χ0) is 20.0. The summed E-state index contributed by atoms with van der Waals surface area (Å²) in [6, 6.07) is 8.17. The van der Waals surface area contributed by atoms with Crippen LogP contribution in [0.1, 0.15) is 24.6 Å². The van der Waals surface area contributed by atoms with Gasteiger partial charge in [0.1, 0.15) is 0 Å². The molecule has 0 aliphatic heterocycles. The van der Waals surface area contributed by atoms with Crippen LogP contribution in [0.25, 0.3) is 0 Å². The van der Waals surface area contributed by atoms with E-state index in [1.54, 1.807) is 19.2 Å². The van der Waals surface area contributed by atoms with Gasteiger partial charge in [0.2, 0.25) is 0 Å². The lowest BCUT2D eigenvalue weighted by Gasteiger charge is -2.21. The van der Waals surface area contributed by atoms with Crippen molar-refractivity contribution in [2.45, 2.75) is 26.2 Å². The average Bonchev–Trinajstić information content (AvgIpc) is 2.66. The molecule has 0 bridgehead atoms. The van der Waals surface area contributed by atoms with Crippen LogP contribution in [0.3, 0.4) is 0 Å². The fourth-order valence-corrected chi connectivity index (χ4v) is 3.01. The van der Waals surface area contributed by atoms with E-state index in [-0.39, 0.29) is 16.9 Å². The van der Waals surface area contributed by atoms with Crippen LogP contribution >= 0.6 is 0 Å². The fraction of sp³-hybridized carbons (Fsp3) is 0.474. The molecule has 0 unspecified atom stereocenters. The predicted molar refractivity (Wildman–Crippen MR) is 104 cm³/mol. The van der Waals surface area contributed by atoms with Gasteiger partial charge in [0.25, 0.3) is 11.2 Å². The summed E-state index contributed by atoms with van der Waals surface area (Å²) in [4.78, 5) is 36.4. The summed E-state index contributed by atoms with van der Waals surface area (Å²) in [6.07, 6.45) is 2.41. The number of likely N-dealkylation sites (N-methyl/N-ethyl adjacent to an activating group) is 1. The average molecular weight is 374 g/mol. The van der Waals surface area contributed by atoms with Crippen molar-refractivity contribution in [2.75, 3.05) is 19.6 Å². The second-order valence-electron chi connectivity index (χ2n) is 6.59. The van der Waals surface area contributed by atoms with Gasteiger partial charge in [-0.25, -0.2) is 4.79 Å². The van der Waals surface area contributed by atoms with Crippen LogP contribution in [0.4, 0.5) is 5.69 Å². The highest BCUT2D eigenvalue weighted by molar-refractivity contribution is 5.32. The number of benzene rings is 1. The maximum atomic E-state index is 12.0. The second-order valence-corrected chi connectivity index (χ2v) is 6.59. The molecule has 0 amide bonds. The van der Waals surface area contributed by atoms with Gasteiger partial charge in [-0.2, -0.15) is 0 Å². The van der Waals surface area contributed by atoms with Crippen molar-refractivity contribution in [2.24, 2.45) is 14.1 Å². The minimum absolute atomic E-state index is 0.105. The Labute approximate surface area is 157 Å². The van der Waals surface area contributed by atoms with E-state index in [0.29, 0.717) is 6.42 Å². The second kappa shape index (κ2) is 9.27. The molecule has 1 heterocycles. The van der Waals surface area contributed by atoms with Crippen molar-refractivity contribution in [1.29, 1.82) is 0 Å². The third-order valence-electron chi connectivity index (χ3n) is 4.84. The fourth-order valence-electron chi connectivity index (χ4n) is 3.01. The summed E-state index contributed by atoms with van der Waals surface area (Å²) in [5.74, 6) is 0. The summed E-state index contributed by atoms with van der Waals surface area (Å²) in [5.41, 5.74) is 1.32. The number of non-ortho nitro benzene ring substituents is 1. The van der Waals surface area contributed by atoms with Gasteiger partial charge in [-0.15, -0.1) is 0 Å². The number of hydrogen-bond acceptors (Lipinski definition) is 5. The standard InChI is InChI=1S/C19H26N4O4/c1-4-22(12-5-6-15-7-9-16(10-8-15)23(26)27)13-11-17-14-18(24)21(3)19(25)20(17)2/h7-10,14H,4-6,11-13H2,1-3H3. The maximum Gasteiger partial charge on any atom is 0.330 e. The number of nitrogens with zero attached hydrogens (tertiary/aromatic N) is 4. The van der Waals surface area contributed by atoms with Gasteiger partial charge in [0, 0.05) is 51.0 Å². The lowest BCUT2D eigenvalue weighted by molar-refractivity contribution is -0.384. The zero-order valence-corrected chi connectivity index (χ0v) is 16.1. The van der Waals surface area contributed by atoms with Gasteiger partial charge in [0.05, 0.1) is 4.92 Å². The van der Waals surface area contributed by atoms with Crippen molar-refractivity contribution < 1.29 is 4.92 Å². The van der Waals surface area contributed by atoms with Crippen LogP contribution in [-0.4, -0.2) is 38.6 Å². The Morgan fingerprint density at radius 2 is 1.70 bits per heavy atom. The van der Waals surface area contributed by atoms with Gasteiger partial charge in [0.15, 0.2) is 0 Å². The number of nitro groups is 1. The van der Waals surface area contributed by atoms with E-state index in [4.69, 9.17) is 0 Å². The molecule has 0 radical (unpaired) electrons. The normalized spacial score (nSPS) is 11.1. The van der Waals surface area contributed by atoms with Crippen LogP contribution in [0.2, 0.25) is 0 Å². The quantitative estimate of drug-likeness (QED) is 0.490. The highest BCUT2D eigenvalue weighted by Crippen LogP contribution is 2.13. The first kappa shape index (κ1) is 20.6. The maximum absolute atomic E-state index is 12.0. The molecule has 0 saturated carbocycles. The summed E-state index contributed by atoms with van der Waals surface area (Å²) < 4.78 is 2.62. The molecule has 2 aromatic rings. The van der Waals surface area contributed by atoms with E-state index in [2.05, 4.69) is 11.8 Å². The first-order valence-electron chi connectivity index (χ1n) is 9.05.